The summed E-state index contributed by atoms with van der Waals surface area (Å²) in [5, 5.41) is 5.37. The Kier molecular flexibility index (Phi) is 6.68. The number of amides is 2. The molecule has 30 heavy (non-hydrogen) atoms. The maximum atomic E-state index is 12.8. The van der Waals surface area contributed by atoms with Crippen LogP contribution in [0.3, 0.4) is 0 Å². The summed E-state index contributed by atoms with van der Waals surface area (Å²) in [7, 11) is 1.42. The highest BCUT2D eigenvalue weighted by atomic mass is 35.5. The van der Waals surface area contributed by atoms with Gasteiger partial charge in [0.15, 0.2) is 5.69 Å². The molecule has 0 saturated heterocycles. The first-order valence-electron chi connectivity index (χ1n) is 9.40. The SMILES string of the molecule is CCCCn1nc(C(=O)NNC(=O)c2cc(Cl)ccc2OC)c2ccccc2c1=O. The fourth-order valence-electron chi connectivity index (χ4n) is 2.96. The first-order chi connectivity index (χ1) is 14.5. The highest BCUT2D eigenvalue weighted by molar-refractivity contribution is 6.31. The van der Waals surface area contributed by atoms with Gasteiger partial charge in [-0.25, -0.2) is 4.68 Å². The van der Waals surface area contributed by atoms with Gasteiger partial charge in [0.05, 0.1) is 18.1 Å². The van der Waals surface area contributed by atoms with Crippen LogP contribution in [0.2, 0.25) is 5.02 Å². The number of hydrazine groups is 1. The number of carbonyl (C=O) groups excluding carboxylic acids is 2. The van der Waals surface area contributed by atoms with Crippen molar-refractivity contribution in [2.24, 2.45) is 0 Å². The molecule has 2 amide bonds. The molecule has 2 N–H and O–H groups in total. The monoisotopic (exact) mass is 428 g/mol. The van der Waals surface area contributed by atoms with E-state index in [-0.39, 0.29) is 16.8 Å². The zero-order valence-electron chi connectivity index (χ0n) is 16.6. The van der Waals surface area contributed by atoms with Crippen LogP contribution in [-0.2, 0) is 6.54 Å². The zero-order valence-corrected chi connectivity index (χ0v) is 17.3. The van der Waals surface area contributed by atoms with Crippen molar-refractivity contribution in [3.05, 3.63) is 69.1 Å². The summed E-state index contributed by atoms with van der Waals surface area (Å²) in [5.74, 6) is -0.944. The second-order valence-corrected chi connectivity index (χ2v) is 6.97. The van der Waals surface area contributed by atoms with E-state index in [1.807, 2.05) is 6.92 Å². The second kappa shape index (κ2) is 9.41. The highest BCUT2D eigenvalue weighted by Crippen LogP contribution is 2.22. The average Bonchev–Trinajstić information content (AvgIpc) is 2.76. The molecule has 0 radical (unpaired) electrons. The maximum absolute atomic E-state index is 12.8. The third-order valence-electron chi connectivity index (χ3n) is 4.50. The van der Waals surface area contributed by atoms with Crippen molar-refractivity contribution in [3.63, 3.8) is 0 Å². The molecule has 0 unspecified atom stereocenters. The normalized spacial score (nSPS) is 10.6. The summed E-state index contributed by atoms with van der Waals surface area (Å²) in [6.07, 6.45) is 1.62. The molecule has 0 aliphatic rings. The molecule has 0 saturated carbocycles. The Hall–Kier alpha value is -3.39. The number of halogens is 1. The Balaban J connectivity index is 1.88. The van der Waals surface area contributed by atoms with Crippen LogP contribution in [0.1, 0.15) is 40.6 Å². The van der Waals surface area contributed by atoms with Gasteiger partial charge < -0.3 is 4.74 Å². The van der Waals surface area contributed by atoms with E-state index < -0.39 is 11.8 Å². The van der Waals surface area contributed by atoms with Gasteiger partial charge in [0, 0.05) is 17.0 Å². The Bertz CT molecular complexity index is 1160. The molecule has 3 rings (SSSR count). The predicted molar refractivity (Wildman–Crippen MR) is 114 cm³/mol. The van der Waals surface area contributed by atoms with Crippen LogP contribution in [0, 0.1) is 0 Å². The summed E-state index contributed by atoms with van der Waals surface area (Å²) in [6, 6.07) is 11.3. The molecular weight excluding hydrogens is 408 g/mol. The van der Waals surface area contributed by atoms with Gasteiger partial charge in [-0.3, -0.25) is 25.2 Å². The number of ether oxygens (including phenoxy) is 1. The lowest BCUT2D eigenvalue weighted by Crippen LogP contribution is -2.43. The minimum atomic E-state index is -0.647. The van der Waals surface area contributed by atoms with Crippen molar-refractivity contribution >= 4 is 34.2 Å². The summed E-state index contributed by atoms with van der Waals surface area (Å²) in [4.78, 5) is 37.9. The van der Waals surface area contributed by atoms with E-state index in [9.17, 15) is 14.4 Å². The number of hydrogen-bond donors (Lipinski definition) is 2. The van der Waals surface area contributed by atoms with Gasteiger partial charge in [0.25, 0.3) is 17.4 Å². The molecule has 0 atom stereocenters. The number of nitrogens with one attached hydrogen (secondary N) is 2. The molecule has 0 bridgehead atoms. The van der Waals surface area contributed by atoms with Gasteiger partial charge in [0.2, 0.25) is 0 Å². The summed E-state index contributed by atoms with van der Waals surface area (Å²) >= 11 is 5.95. The summed E-state index contributed by atoms with van der Waals surface area (Å²) in [5.41, 5.74) is 4.63. The Morgan fingerprint density at radius 3 is 2.50 bits per heavy atom. The Morgan fingerprint density at radius 2 is 1.80 bits per heavy atom. The molecular formula is C21H21ClN4O4. The fourth-order valence-corrected chi connectivity index (χ4v) is 3.13. The smallest absolute Gasteiger partial charge is 0.290 e. The number of methoxy groups -OCH3 is 1. The first kappa shape index (κ1) is 21.3. The molecule has 0 spiro atoms. The number of unbranched alkanes of at least 4 members (excludes halogenated alkanes) is 1. The van der Waals surface area contributed by atoms with E-state index in [1.54, 1.807) is 36.4 Å². The maximum Gasteiger partial charge on any atom is 0.290 e. The molecule has 1 heterocycles. The molecule has 8 nitrogen and oxygen atoms in total. The van der Waals surface area contributed by atoms with Crippen LogP contribution in [0.15, 0.2) is 47.3 Å². The number of aromatic nitrogens is 2. The second-order valence-electron chi connectivity index (χ2n) is 6.53. The van der Waals surface area contributed by atoms with Gasteiger partial charge in [0.1, 0.15) is 5.75 Å². The molecule has 3 aromatic rings. The third-order valence-corrected chi connectivity index (χ3v) is 4.74. The van der Waals surface area contributed by atoms with Gasteiger partial charge >= 0.3 is 0 Å². The number of fused-ring (bicyclic) bond motifs is 1. The number of benzene rings is 2. The van der Waals surface area contributed by atoms with Crippen LogP contribution in [-0.4, -0.2) is 28.7 Å². The predicted octanol–water partition coefficient (Wildman–Crippen LogP) is 2.93. The van der Waals surface area contributed by atoms with E-state index in [1.165, 1.54) is 17.9 Å². The highest BCUT2D eigenvalue weighted by Gasteiger charge is 2.19. The van der Waals surface area contributed by atoms with Crippen LogP contribution in [0.25, 0.3) is 10.8 Å². The third kappa shape index (κ3) is 4.44. The minimum Gasteiger partial charge on any atom is -0.496 e. The van der Waals surface area contributed by atoms with Crippen LogP contribution in [0.5, 0.6) is 5.75 Å². The lowest BCUT2D eigenvalue weighted by molar-refractivity contribution is 0.0842. The van der Waals surface area contributed by atoms with E-state index in [4.69, 9.17) is 16.3 Å². The zero-order chi connectivity index (χ0) is 21.7. The fraction of sp³-hybridized carbons (Fsp3) is 0.238. The molecule has 0 aliphatic heterocycles. The van der Waals surface area contributed by atoms with Gasteiger partial charge in [-0.05, 0) is 30.7 Å². The van der Waals surface area contributed by atoms with Crippen molar-refractivity contribution in [1.29, 1.82) is 0 Å². The van der Waals surface area contributed by atoms with E-state index in [0.29, 0.717) is 28.1 Å². The molecule has 0 fully saturated rings. The molecule has 156 valence electrons. The van der Waals surface area contributed by atoms with Gasteiger partial charge in [-0.2, -0.15) is 5.10 Å². The quantitative estimate of drug-likeness (QED) is 0.588. The summed E-state index contributed by atoms with van der Waals surface area (Å²) in [6.45, 7) is 2.39. The minimum absolute atomic E-state index is 0.0414. The molecule has 1 aromatic heterocycles. The topological polar surface area (TPSA) is 102 Å². The summed E-state index contributed by atoms with van der Waals surface area (Å²) < 4.78 is 6.43. The van der Waals surface area contributed by atoms with E-state index in [0.717, 1.165) is 12.8 Å². The van der Waals surface area contributed by atoms with Crippen LogP contribution in [0.4, 0.5) is 0 Å². The largest absolute Gasteiger partial charge is 0.496 e. The van der Waals surface area contributed by atoms with Gasteiger partial charge in [-0.15, -0.1) is 0 Å². The van der Waals surface area contributed by atoms with E-state index >= 15 is 0 Å². The number of hydrogen-bond acceptors (Lipinski definition) is 5. The average molecular weight is 429 g/mol. The number of nitrogens with zero attached hydrogens (tertiary/aromatic N) is 2. The van der Waals surface area contributed by atoms with E-state index in [2.05, 4.69) is 16.0 Å². The lowest BCUT2D eigenvalue weighted by atomic mass is 10.1. The number of rotatable bonds is 6. The van der Waals surface area contributed by atoms with Crippen molar-refractivity contribution in [2.45, 2.75) is 26.3 Å². The van der Waals surface area contributed by atoms with Gasteiger partial charge in [-0.1, -0.05) is 43.1 Å². The van der Waals surface area contributed by atoms with Crippen LogP contribution >= 0.6 is 11.6 Å². The Labute approximate surface area is 177 Å². The first-order valence-corrected chi connectivity index (χ1v) is 9.78. The van der Waals surface area contributed by atoms with Crippen molar-refractivity contribution in [3.8, 4) is 5.75 Å². The van der Waals surface area contributed by atoms with Crippen molar-refractivity contribution in [1.82, 2.24) is 20.6 Å². The number of aryl methyl sites for hydroxylation is 1. The molecule has 9 heteroatoms. The van der Waals surface area contributed by atoms with Crippen molar-refractivity contribution in [2.75, 3.05) is 7.11 Å². The standard InChI is InChI=1S/C21H21ClN4O4/c1-3-4-11-26-21(29)15-8-6-5-7-14(15)18(25-26)20(28)24-23-19(27)16-12-13(22)9-10-17(16)30-2/h5-10,12H,3-4,11H2,1-2H3,(H,23,27)(H,24,28). The molecule has 2 aromatic carbocycles. The van der Waals surface area contributed by atoms with Crippen molar-refractivity contribution < 1.29 is 14.3 Å². The molecule has 0 aliphatic carbocycles. The number of carbonyl (C=O) groups is 2. The lowest BCUT2D eigenvalue weighted by Gasteiger charge is -2.13. The van der Waals surface area contributed by atoms with Crippen LogP contribution < -0.4 is 21.1 Å². The Morgan fingerprint density at radius 1 is 1.10 bits per heavy atom.